The van der Waals surface area contributed by atoms with Gasteiger partial charge in [0, 0.05) is 20.7 Å². The maximum atomic E-state index is 5.26. The van der Waals surface area contributed by atoms with Gasteiger partial charge in [-0.3, -0.25) is 0 Å². The van der Waals surface area contributed by atoms with Crippen LogP contribution in [-0.2, 0) is 4.74 Å². The van der Waals surface area contributed by atoms with E-state index >= 15 is 0 Å². The number of anilines is 2. The molecule has 0 saturated carbocycles. The van der Waals surface area contributed by atoms with Crippen molar-refractivity contribution in [1.82, 2.24) is 9.97 Å². The third kappa shape index (κ3) is 2.79. The number of fused-ring (bicyclic) bond motifs is 1. The Balaban J connectivity index is 2.48. The first-order valence-corrected chi connectivity index (χ1v) is 7.27. The van der Waals surface area contributed by atoms with E-state index in [2.05, 4.69) is 45.5 Å². The third-order valence-electron chi connectivity index (χ3n) is 3.08. The van der Waals surface area contributed by atoms with Crippen LogP contribution in [0.25, 0.3) is 10.2 Å². The number of ether oxygens (including phenoxy) is 1. The molecule has 104 valence electrons. The molecule has 0 fully saturated rings. The summed E-state index contributed by atoms with van der Waals surface area (Å²) in [6.45, 7) is 5.84. The van der Waals surface area contributed by atoms with E-state index in [4.69, 9.17) is 4.74 Å². The molecule has 2 aromatic rings. The molecule has 0 saturated heterocycles. The molecule has 0 bridgehead atoms. The Kier molecular flexibility index (Phi) is 4.55. The van der Waals surface area contributed by atoms with Crippen LogP contribution in [0.2, 0.25) is 0 Å². The molecule has 0 aliphatic carbocycles. The topological polar surface area (TPSA) is 50.3 Å². The van der Waals surface area contributed by atoms with Gasteiger partial charge in [0.2, 0.25) is 5.95 Å². The van der Waals surface area contributed by atoms with Crippen molar-refractivity contribution >= 4 is 33.3 Å². The van der Waals surface area contributed by atoms with E-state index in [-0.39, 0.29) is 6.04 Å². The number of hydrogen-bond donors (Lipinski definition) is 1. The van der Waals surface area contributed by atoms with Gasteiger partial charge in [-0.2, -0.15) is 4.98 Å². The second-order valence-corrected chi connectivity index (χ2v) is 5.25. The van der Waals surface area contributed by atoms with Crippen LogP contribution in [0.5, 0.6) is 0 Å². The van der Waals surface area contributed by atoms with Crippen LogP contribution in [0.3, 0.4) is 0 Å². The molecule has 5 nitrogen and oxygen atoms in total. The minimum absolute atomic E-state index is 0.276. The first kappa shape index (κ1) is 14.0. The molecule has 0 aliphatic heterocycles. The molecule has 0 radical (unpaired) electrons. The Morgan fingerprint density at radius 1 is 1.47 bits per heavy atom. The van der Waals surface area contributed by atoms with Crippen LogP contribution in [0.1, 0.15) is 13.8 Å². The SMILES string of the molecule is CCN(c1nc(NC)nc2sccc12)C(C)COC. The Bertz CT molecular complexity index is 542. The lowest BCUT2D eigenvalue weighted by atomic mass is 10.2. The minimum atomic E-state index is 0.276. The first-order chi connectivity index (χ1) is 9.21. The van der Waals surface area contributed by atoms with Crippen LogP contribution in [-0.4, -0.2) is 43.3 Å². The van der Waals surface area contributed by atoms with Gasteiger partial charge in [-0.1, -0.05) is 0 Å². The van der Waals surface area contributed by atoms with Gasteiger partial charge in [0.05, 0.1) is 18.0 Å². The first-order valence-electron chi connectivity index (χ1n) is 6.39. The molecule has 1 atom stereocenters. The van der Waals surface area contributed by atoms with Crippen LogP contribution >= 0.6 is 11.3 Å². The molecule has 6 heteroatoms. The number of likely N-dealkylation sites (N-methyl/N-ethyl adjacent to an activating group) is 1. The van der Waals surface area contributed by atoms with E-state index in [0.29, 0.717) is 12.6 Å². The molecule has 1 N–H and O–H groups in total. The Morgan fingerprint density at radius 3 is 2.89 bits per heavy atom. The summed E-state index contributed by atoms with van der Waals surface area (Å²) >= 11 is 1.63. The van der Waals surface area contributed by atoms with Gasteiger partial charge < -0.3 is 15.0 Å². The fraction of sp³-hybridized carbons (Fsp3) is 0.538. The van der Waals surface area contributed by atoms with Crippen molar-refractivity contribution in [3.63, 3.8) is 0 Å². The summed E-state index contributed by atoms with van der Waals surface area (Å²) in [6.07, 6.45) is 0. The average Bonchev–Trinajstić information content (AvgIpc) is 2.87. The van der Waals surface area contributed by atoms with E-state index in [1.54, 1.807) is 18.4 Å². The molecule has 2 aromatic heterocycles. The van der Waals surface area contributed by atoms with Gasteiger partial charge in [0.25, 0.3) is 0 Å². The summed E-state index contributed by atoms with van der Waals surface area (Å²) in [5.41, 5.74) is 0. The minimum Gasteiger partial charge on any atom is -0.383 e. The summed E-state index contributed by atoms with van der Waals surface area (Å²) < 4.78 is 5.26. The summed E-state index contributed by atoms with van der Waals surface area (Å²) in [7, 11) is 3.57. The predicted octanol–water partition coefficient (Wildman–Crippen LogP) is 2.59. The quantitative estimate of drug-likeness (QED) is 0.881. The van der Waals surface area contributed by atoms with E-state index < -0.39 is 0 Å². The normalized spacial score (nSPS) is 12.6. The predicted molar refractivity (Wildman–Crippen MR) is 81.3 cm³/mol. The summed E-state index contributed by atoms with van der Waals surface area (Å²) in [5.74, 6) is 1.63. The number of nitrogens with zero attached hydrogens (tertiary/aromatic N) is 3. The Morgan fingerprint density at radius 2 is 2.26 bits per heavy atom. The number of methoxy groups -OCH3 is 1. The van der Waals surface area contributed by atoms with Crippen molar-refractivity contribution in [2.75, 3.05) is 37.5 Å². The van der Waals surface area contributed by atoms with Gasteiger partial charge in [-0.05, 0) is 25.3 Å². The standard InChI is InChI=1S/C13H20N4OS/c1-5-17(9(2)8-18-4)11-10-6-7-19-12(10)16-13(14-3)15-11/h6-7,9H,5,8H2,1-4H3,(H,14,15,16). The largest absolute Gasteiger partial charge is 0.383 e. The molecular weight excluding hydrogens is 260 g/mol. The van der Waals surface area contributed by atoms with Crippen LogP contribution < -0.4 is 10.2 Å². The molecule has 2 heterocycles. The molecular formula is C13H20N4OS. The maximum Gasteiger partial charge on any atom is 0.225 e. The zero-order valence-electron chi connectivity index (χ0n) is 11.8. The summed E-state index contributed by atoms with van der Waals surface area (Å²) in [4.78, 5) is 12.4. The van der Waals surface area contributed by atoms with Gasteiger partial charge in [-0.15, -0.1) is 11.3 Å². The van der Waals surface area contributed by atoms with Crippen LogP contribution in [0.15, 0.2) is 11.4 Å². The molecule has 1 unspecified atom stereocenters. The van der Waals surface area contributed by atoms with Crippen molar-refractivity contribution in [3.8, 4) is 0 Å². The lowest BCUT2D eigenvalue weighted by molar-refractivity contribution is 0.182. The molecule has 0 spiro atoms. The van der Waals surface area contributed by atoms with Gasteiger partial charge >= 0.3 is 0 Å². The van der Waals surface area contributed by atoms with Crippen molar-refractivity contribution in [1.29, 1.82) is 0 Å². The second kappa shape index (κ2) is 6.16. The molecule has 0 amide bonds. The van der Waals surface area contributed by atoms with Gasteiger partial charge in [0.1, 0.15) is 10.6 Å². The highest BCUT2D eigenvalue weighted by molar-refractivity contribution is 7.16. The highest BCUT2D eigenvalue weighted by atomic mass is 32.1. The fourth-order valence-electron chi connectivity index (χ4n) is 2.17. The number of thiophene rings is 1. The van der Waals surface area contributed by atoms with E-state index in [1.807, 2.05) is 7.05 Å². The van der Waals surface area contributed by atoms with E-state index in [0.717, 1.165) is 22.6 Å². The number of rotatable bonds is 6. The fourth-order valence-corrected chi connectivity index (χ4v) is 2.93. The highest BCUT2D eigenvalue weighted by Gasteiger charge is 2.18. The van der Waals surface area contributed by atoms with Gasteiger partial charge in [0.15, 0.2) is 0 Å². The lowest BCUT2D eigenvalue weighted by Crippen LogP contribution is -2.37. The zero-order chi connectivity index (χ0) is 13.8. The smallest absolute Gasteiger partial charge is 0.225 e. The number of nitrogens with one attached hydrogen (secondary N) is 1. The maximum absolute atomic E-state index is 5.26. The van der Waals surface area contributed by atoms with Crippen molar-refractivity contribution in [2.24, 2.45) is 0 Å². The van der Waals surface area contributed by atoms with Crippen molar-refractivity contribution in [3.05, 3.63) is 11.4 Å². The zero-order valence-corrected chi connectivity index (χ0v) is 12.6. The second-order valence-electron chi connectivity index (χ2n) is 4.35. The lowest BCUT2D eigenvalue weighted by Gasteiger charge is -2.29. The van der Waals surface area contributed by atoms with Crippen molar-refractivity contribution in [2.45, 2.75) is 19.9 Å². The average molecular weight is 280 g/mol. The van der Waals surface area contributed by atoms with Crippen molar-refractivity contribution < 1.29 is 4.74 Å². The van der Waals surface area contributed by atoms with E-state index in [9.17, 15) is 0 Å². The number of hydrogen-bond acceptors (Lipinski definition) is 6. The monoisotopic (exact) mass is 280 g/mol. The summed E-state index contributed by atoms with van der Waals surface area (Å²) in [5, 5.41) is 6.18. The number of aromatic nitrogens is 2. The molecule has 0 aliphatic rings. The molecule has 19 heavy (non-hydrogen) atoms. The van der Waals surface area contributed by atoms with Crippen LogP contribution in [0.4, 0.5) is 11.8 Å². The Labute approximate surface area is 117 Å². The molecule has 2 rings (SSSR count). The Hall–Kier alpha value is -1.40. The van der Waals surface area contributed by atoms with E-state index in [1.165, 1.54) is 0 Å². The highest BCUT2D eigenvalue weighted by Crippen LogP contribution is 2.30. The molecule has 0 aromatic carbocycles. The van der Waals surface area contributed by atoms with Gasteiger partial charge in [-0.25, -0.2) is 4.98 Å². The van der Waals surface area contributed by atoms with Crippen LogP contribution in [0, 0.1) is 0 Å². The third-order valence-corrected chi connectivity index (χ3v) is 3.89. The summed E-state index contributed by atoms with van der Waals surface area (Å²) in [6, 6.07) is 2.36.